The van der Waals surface area contributed by atoms with Gasteiger partial charge in [-0.2, -0.15) is 0 Å². The normalized spacial score (nSPS) is 11.7. The Bertz CT molecular complexity index is 1010. The molecule has 0 radical (unpaired) electrons. The fourth-order valence-corrected chi connectivity index (χ4v) is 4.56. The average Bonchev–Trinajstić information content (AvgIpc) is 3.24. The molecule has 0 aliphatic carbocycles. The zero-order chi connectivity index (χ0) is 22.1. The Labute approximate surface area is 190 Å². The van der Waals surface area contributed by atoms with Crippen molar-refractivity contribution in [3.8, 4) is 0 Å². The molecule has 162 valence electrons. The van der Waals surface area contributed by atoms with Crippen molar-refractivity contribution in [1.82, 2.24) is 15.5 Å². The number of carbonyl (C=O) groups is 2. The van der Waals surface area contributed by atoms with Crippen molar-refractivity contribution in [3.63, 3.8) is 0 Å². The summed E-state index contributed by atoms with van der Waals surface area (Å²) in [7, 11) is 0. The van der Waals surface area contributed by atoms with E-state index in [-0.39, 0.29) is 17.9 Å². The van der Waals surface area contributed by atoms with E-state index in [0.29, 0.717) is 16.5 Å². The molecule has 0 aliphatic rings. The van der Waals surface area contributed by atoms with E-state index in [2.05, 4.69) is 33.0 Å². The lowest BCUT2D eigenvalue weighted by molar-refractivity contribution is -0.119. The Morgan fingerprint density at radius 3 is 2.58 bits per heavy atom. The minimum Gasteiger partial charge on any atom is -0.353 e. The molecular weight excluding hydrogens is 428 g/mol. The van der Waals surface area contributed by atoms with Crippen LogP contribution in [0.15, 0.2) is 54.6 Å². The van der Waals surface area contributed by atoms with Gasteiger partial charge in [-0.3, -0.25) is 9.59 Å². The molecule has 6 nitrogen and oxygen atoms in total. The van der Waals surface area contributed by atoms with E-state index in [4.69, 9.17) is 0 Å². The summed E-state index contributed by atoms with van der Waals surface area (Å²) in [6.07, 6.45) is 1.84. The van der Waals surface area contributed by atoms with Gasteiger partial charge in [0.1, 0.15) is 5.01 Å². The second kappa shape index (κ2) is 11.6. The van der Waals surface area contributed by atoms with E-state index in [0.717, 1.165) is 29.1 Å². The van der Waals surface area contributed by atoms with Crippen LogP contribution in [0.25, 0.3) is 0 Å². The molecule has 2 aromatic carbocycles. The van der Waals surface area contributed by atoms with Gasteiger partial charge >= 0.3 is 0 Å². The Kier molecular flexibility index (Phi) is 8.61. The number of rotatable bonds is 10. The van der Waals surface area contributed by atoms with Crippen molar-refractivity contribution in [3.05, 3.63) is 75.7 Å². The smallest absolute Gasteiger partial charge is 0.286 e. The number of para-hydroxylation sites is 1. The number of thioether (sulfide) groups is 1. The highest BCUT2D eigenvalue weighted by molar-refractivity contribution is 7.99. The van der Waals surface area contributed by atoms with Gasteiger partial charge in [-0.1, -0.05) is 59.9 Å². The van der Waals surface area contributed by atoms with Crippen LogP contribution >= 0.6 is 23.1 Å². The Hall–Kier alpha value is -2.71. The van der Waals surface area contributed by atoms with Gasteiger partial charge in [-0.25, -0.2) is 0 Å². The molecular formula is C23H26N4O2S2. The molecule has 0 aliphatic heterocycles. The van der Waals surface area contributed by atoms with Gasteiger partial charge in [-0.15, -0.1) is 22.0 Å². The zero-order valence-electron chi connectivity index (χ0n) is 17.6. The second-order valence-electron chi connectivity index (χ2n) is 7.26. The summed E-state index contributed by atoms with van der Waals surface area (Å²) in [5, 5.41) is 15.0. The van der Waals surface area contributed by atoms with Gasteiger partial charge in [0, 0.05) is 17.5 Å². The van der Waals surface area contributed by atoms with Crippen LogP contribution in [0.1, 0.15) is 39.3 Å². The van der Waals surface area contributed by atoms with Crippen molar-refractivity contribution in [2.24, 2.45) is 0 Å². The van der Waals surface area contributed by atoms with Crippen LogP contribution in [0.4, 0.5) is 5.69 Å². The lowest BCUT2D eigenvalue weighted by Crippen LogP contribution is -2.34. The summed E-state index contributed by atoms with van der Waals surface area (Å²) in [6, 6.07) is 18.0. The minimum absolute atomic E-state index is 0.00703. The highest BCUT2D eigenvalue weighted by Gasteiger charge is 2.14. The highest BCUT2D eigenvalue weighted by atomic mass is 32.2. The van der Waals surface area contributed by atoms with Gasteiger partial charge in [0.05, 0.1) is 5.75 Å². The largest absolute Gasteiger partial charge is 0.353 e. The van der Waals surface area contributed by atoms with Crippen molar-refractivity contribution < 1.29 is 9.59 Å². The molecule has 3 aromatic rings. The first-order chi connectivity index (χ1) is 15.0. The van der Waals surface area contributed by atoms with E-state index in [1.807, 2.05) is 56.3 Å². The van der Waals surface area contributed by atoms with E-state index >= 15 is 0 Å². The summed E-state index contributed by atoms with van der Waals surface area (Å²) in [5.41, 5.74) is 3.02. The molecule has 0 bridgehead atoms. The summed E-state index contributed by atoms with van der Waals surface area (Å²) in [6.45, 7) is 3.96. The Balaban J connectivity index is 1.37. The van der Waals surface area contributed by atoms with E-state index < -0.39 is 0 Å². The van der Waals surface area contributed by atoms with Crippen LogP contribution in [0.5, 0.6) is 0 Å². The molecule has 1 heterocycles. The molecule has 8 heteroatoms. The lowest BCUT2D eigenvalue weighted by Gasteiger charge is -2.13. The lowest BCUT2D eigenvalue weighted by atomic mass is 10.1. The quantitative estimate of drug-likeness (QED) is 0.472. The molecule has 0 saturated heterocycles. The molecule has 31 heavy (non-hydrogen) atoms. The van der Waals surface area contributed by atoms with Crippen molar-refractivity contribution in [1.29, 1.82) is 0 Å². The first kappa shape index (κ1) is 23.0. The predicted octanol–water partition coefficient (Wildman–Crippen LogP) is 4.47. The summed E-state index contributed by atoms with van der Waals surface area (Å²) in [4.78, 5) is 24.5. The monoisotopic (exact) mass is 454 g/mol. The topological polar surface area (TPSA) is 84.0 Å². The standard InChI is InChI=1S/C23H26N4O2S2/c1-16-8-6-7-11-19(16)25-22(29)23-27-26-21(31-23)15-30-14-20(28)24-17(2)12-13-18-9-4-3-5-10-18/h3-11,17H,12-15H2,1-2H3,(H,24,28)(H,25,29)/t17-/m0/s1. The summed E-state index contributed by atoms with van der Waals surface area (Å²) < 4.78 is 0. The van der Waals surface area contributed by atoms with Crippen LogP contribution in [-0.2, 0) is 17.0 Å². The number of nitrogens with zero attached hydrogens (tertiary/aromatic N) is 2. The van der Waals surface area contributed by atoms with Gasteiger partial charge in [0.25, 0.3) is 5.91 Å². The second-order valence-corrected chi connectivity index (χ2v) is 9.30. The Morgan fingerprint density at radius 1 is 1.06 bits per heavy atom. The van der Waals surface area contributed by atoms with Crippen LogP contribution in [0, 0.1) is 6.92 Å². The molecule has 1 aromatic heterocycles. The maximum atomic E-state index is 12.4. The van der Waals surface area contributed by atoms with E-state index in [1.165, 1.54) is 28.7 Å². The molecule has 2 amide bonds. The maximum Gasteiger partial charge on any atom is 0.286 e. The average molecular weight is 455 g/mol. The van der Waals surface area contributed by atoms with Crippen LogP contribution in [-0.4, -0.2) is 33.8 Å². The zero-order valence-corrected chi connectivity index (χ0v) is 19.3. The third kappa shape index (κ3) is 7.48. The van der Waals surface area contributed by atoms with Gasteiger partial charge < -0.3 is 10.6 Å². The number of nitrogens with one attached hydrogen (secondary N) is 2. The fraction of sp³-hybridized carbons (Fsp3) is 0.304. The third-order valence-corrected chi connectivity index (χ3v) is 6.68. The summed E-state index contributed by atoms with van der Waals surface area (Å²) >= 11 is 2.72. The third-order valence-electron chi connectivity index (χ3n) is 4.63. The Morgan fingerprint density at radius 2 is 1.81 bits per heavy atom. The highest BCUT2D eigenvalue weighted by Crippen LogP contribution is 2.19. The SMILES string of the molecule is Cc1ccccc1NC(=O)c1nnc(CSCC(=O)N[C@@H](C)CCc2ccccc2)s1. The van der Waals surface area contributed by atoms with E-state index in [9.17, 15) is 9.59 Å². The number of hydrogen-bond donors (Lipinski definition) is 2. The number of carbonyl (C=O) groups excluding carboxylic acids is 2. The predicted molar refractivity (Wildman–Crippen MR) is 128 cm³/mol. The molecule has 2 N–H and O–H groups in total. The number of hydrogen-bond acceptors (Lipinski definition) is 6. The molecule has 3 rings (SSSR count). The first-order valence-electron chi connectivity index (χ1n) is 10.1. The van der Waals surface area contributed by atoms with Crippen molar-refractivity contribution in [2.75, 3.05) is 11.1 Å². The van der Waals surface area contributed by atoms with Crippen LogP contribution in [0.3, 0.4) is 0 Å². The maximum absolute atomic E-state index is 12.4. The molecule has 1 atom stereocenters. The number of aryl methyl sites for hydroxylation is 2. The number of benzene rings is 2. The number of amides is 2. The first-order valence-corrected chi connectivity index (χ1v) is 12.1. The fourth-order valence-electron chi connectivity index (χ4n) is 2.94. The van der Waals surface area contributed by atoms with Crippen LogP contribution < -0.4 is 10.6 Å². The molecule has 0 fully saturated rings. The van der Waals surface area contributed by atoms with Gasteiger partial charge in [0.15, 0.2) is 0 Å². The number of anilines is 1. The summed E-state index contributed by atoms with van der Waals surface area (Å²) in [5.74, 6) is 0.627. The number of aromatic nitrogens is 2. The van der Waals surface area contributed by atoms with Crippen molar-refractivity contribution >= 4 is 40.6 Å². The van der Waals surface area contributed by atoms with Crippen molar-refractivity contribution in [2.45, 2.75) is 38.5 Å². The van der Waals surface area contributed by atoms with E-state index in [1.54, 1.807) is 0 Å². The van der Waals surface area contributed by atoms with Gasteiger partial charge in [0.2, 0.25) is 10.9 Å². The molecule has 0 spiro atoms. The molecule has 0 unspecified atom stereocenters. The molecule has 0 saturated carbocycles. The van der Waals surface area contributed by atoms with Crippen LogP contribution in [0.2, 0.25) is 0 Å². The minimum atomic E-state index is -0.270. The van der Waals surface area contributed by atoms with Gasteiger partial charge in [-0.05, 0) is 43.9 Å².